The largest absolute Gasteiger partial charge is 0.418 e. The Balaban J connectivity index is 1.92. The van der Waals surface area contributed by atoms with Crippen molar-refractivity contribution >= 4 is 36.7 Å². The maximum atomic E-state index is 13.5. The predicted octanol–water partition coefficient (Wildman–Crippen LogP) is 7.45. The van der Waals surface area contributed by atoms with E-state index in [1.807, 2.05) is 18.2 Å². The summed E-state index contributed by atoms with van der Waals surface area (Å²) in [4.78, 5) is 4.28. The molecule has 0 aliphatic heterocycles. The standard InChI is InChI=1S/C25H19BrF3NO2S/c1-3-33(31,32)22-13-17(10-11-21(22)26)16-6-4-7-18(12-16)23-15(2)14-30-24-19(23)8-5-9-20(24)25(27,28)29/h4-14H,3H2,1-2H3. The number of alkyl halides is 3. The summed E-state index contributed by atoms with van der Waals surface area (Å²) in [5.41, 5.74) is 2.69. The van der Waals surface area contributed by atoms with Gasteiger partial charge in [0.05, 0.1) is 21.7 Å². The molecule has 4 aromatic rings. The minimum Gasteiger partial charge on any atom is -0.255 e. The zero-order valence-corrected chi connectivity index (χ0v) is 20.1. The van der Waals surface area contributed by atoms with Gasteiger partial charge < -0.3 is 0 Å². The van der Waals surface area contributed by atoms with E-state index in [0.717, 1.165) is 22.8 Å². The van der Waals surface area contributed by atoms with Crippen LogP contribution in [-0.2, 0) is 16.0 Å². The number of sulfone groups is 1. The molecule has 1 heterocycles. The third kappa shape index (κ3) is 4.42. The SMILES string of the molecule is CCS(=O)(=O)c1cc(-c2cccc(-c3c(C)cnc4c(C(F)(F)F)cccc34)c2)ccc1Br. The van der Waals surface area contributed by atoms with Crippen LogP contribution in [0.2, 0.25) is 0 Å². The average Bonchev–Trinajstić information content (AvgIpc) is 2.78. The Labute approximate surface area is 198 Å². The van der Waals surface area contributed by atoms with Crippen LogP contribution in [0.25, 0.3) is 33.2 Å². The van der Waals surface area contributed by atoms with E-state index >= 15 is 0 Å². The third-order valence-electron chi connectivity index (χ3n) is 5.52. The molecule has 8 heteroatoms. The van der Waals surface area contributed by atoms with Crippen molar-refractivity contribution in [2.24, 2.45) is 0 Å². The summed E-state index contributed by atoms with van der Waals surface area (Å²) in [5.74, 6) is -0.0289. The third-order valence-corrected chi connectivity index (χ3v) is 8.25. The van der Waals surface area contributed by atoms with Gasteiger partial charge in [0.15, 0.2) is 9.84 Å². The summed E-state index contributed by atoms with van der Waals surface area (Å²) in [5, 5.41) is 0.409. The molecule has 4 rings (SSSR count). The minimum absolute atomic E-state index is 0.0289. The van der Waals surface area contributed by atoms with Gasteiger partial charge in [-0.1, -0.05) is 43.3 Å². The van der Waals surface area contributed by atoms with Crippen LogP contribution in [0.1, 0.15) is 18.1 Å². The number of benzene rings is 3. The van der Waals surface area contributed by atoms with E-state index in [4.69, 9.17) is 0 Å². The molecule has 1 aromatic heterocycles. The fraction of sp³-hybridized carbons (Fsp3) is 0.160. The first-order valence-corrected chi connectivity index (χ1v) is 12.6. The molecule has 3 aromatic carbocycles. The van der Waals surface area contributed by atoms with E-state index in [1.165, 1.54) is 12.3 Å². The Morgan fingerprint density at radius 1 is 0.939 bits per heavy atom. The van der Waals surface area contributed by atoms with Crippen molar-refractivity contribution in [2.75, 3.05) is 5.75 Å². The van der Waals surface area contributed by atoms with Crippen LogP contribution in [0, 0.1) is 6.92 Å². The molecule has 3 nitrogen and oxygen atoms in total. The minimum atomic E-state index is -4.51. The lowest BCUT2D eigenvalue weighted by molar-refractivity contribution is -0.136. The number of aryl methyl sites for hydroxylation is 1. The van der Waals surface area contributed by atoms with Crippen molar-refractivity contribution in [1.29, 1.82) is 0 Å². The Kier molecular flexibility index (Phi) is 6.09. The van der Waals surface area contributed by atoms with Crippen molar-refractivity contribution < 1.29 is 21.6 Å². The highest BCUT2D eigenvalue weighted by atomic mass is 79.9. The first-order chi connectivity index (χ1) is 15.5. The number of pyridine rings is 1. The number of aromatic nitrogens is 1. The van der Waals surface area contributed by atoms with Gasteiger partial charge in [0.25, 0.3) is 0 Å². The first-order valence-electron chi connectivity index (χ1n) is 10.1. The first kappa shape index (κ1) is 23.4. The fourth-order valence-corrected chi connectivity index (χ4v) is 5.83. The van der Waals surface area contributed by atoms with Crippen LogP contribution < -0.4 is 0 Å². The molecule has 0 fully saturated rings. The maximum absolute atomic E-state index is 13.5. The highest BCUT2D eigenvalue weighted by Gasteiger charge is 2.33. The van der Waals surface area contributed by atoms with Crippen molar-refractivity contribution in [3.63, 3.8) is 0 Å². The van der Waals surface area contributed by atoms with Crippen molar-refractivity contribution in [1.82, 2.24) is 4.98 Å². The summed E-state index contributed by atoms with van der Waals surface area (Å²) < 4.78 is 66.0. The molecule has 0 atom stereocenters. The van der Waals surface area contributed by atoms with Gasteiger partial charge in [-0.25, -0.2) is 8.42 Å². The van der Waals surface area contributed by atoms with E-state index in [0.29, 0.717) is 21.0 Å². The second-order valence-electron chi connectivity index (χ2n) is 7.65. The predicted molar refractivity (Wildman–Crippen MR) is 128 cm³/mol. The number of rotatable bonds is 4. The van der Waals surface area contributed by atoms with Gasteiger partial charge in [-0.2, -0.15) is 13.2 Å². The number of fused-ring (bicyclic) bond motifs is 1. The lowest BCUT2D eigenvalue weighted by atomic mass is 9.93. The van der Waals surface area contributed by atoms with Gasteiger partial charge in [0.2, 0.25) is 0 Å². The fourth-order valence-electron chi connectivity index (χ4n) is 3.87. The van der Waals surface area contributed by atoms with Gasteiger partial charge in [-0.15, -0.1) is 0 Å². The molecular formula is C25H19BrF3NO2S. The molecule has 0 saturated carbocycles. The summed E-state index contributed by atoms with van der Waals surface area (Å²) >= 11 is 3.31. The number of nitrogens with zero attached hydrogens (tertiary/aromatic N) is 1. The molecule has 170 valence electrons. The maximum Gasteiger partial charge on any atom is 0.418 e. The van der Waals surface area contributed by atoms with E-state index < -0.39 is 21.6 Å². The number of hydrogen-bond acceptors (Lipinski definition) is 3. The van der Waals surface area contributed by atoms with Crippen LogP contribution in [0.5, 0.6) is 0 Å². The second-order valence-corrected chi connectivity index (χ2v) is 10.7. The Morgan fingerprint density at radius 3 is 2.30 bits per heavy atom. The average molecular weight is 534 g/mol. The summed E-state index contributed by atoms with van der Waals surface area (Å²) in [6.45, 7) is 3.39. The molecule has 0 bridgehead atoms. The molecule has 0 unspecified atom stereocenters. The smallest absolute Gasteiger partial charge is 0.255 e. The summed E-state index contributed by atoms with van der Waals surface area (Å²) in [6, 6.07) is 16.5. The van der Waals surface area contributed by atoms with E-state index in [-0.39, 0.29) is 16.2 Å². The molecule has 0 saturated heterocycles. The second kappa shape index (κ2) is 8.57. The molecule has 0 radical (unpaired) electrons. The molecule has 0 aliphatic rings. The van der Waals surface area contributed by atoms with Crippen molar-refractivity contribution in [3.8, 4) is 22.3 Å². The quantitative estimate of drug-likeness (QED) is 0.273. The molecule has 0 aliphatic carbocycles. The summed E-state index contributed by atoms with van der Waals surface area (Å²) in [7, 11) is -3.44. The van der Waals surface area contributed by atoms with Gasteiger partial charge in [-0.05, 0) is 74.9 Å². The molecule has 0 N–H and O–H groups in total. The van der Waals surface area contributed by atoms with Crippen molar-refractivity contribution in [2.45, 2.75) is 24.9 Å². The van der Waals surface area contributed by atoms with Crippen LogP contribution in [0.4, 0.5) is 13.2 Å². The van der Waals surface area contributed by atoms with Crippen LogP contribution in [0.3, 0.4) is 0 Å². The van der Waals surface area contributed by atoms with Gasteiger partial charge >= 0.3 is 6.18 Å². The lowest BCUT2D eigenvalue weighted by Crippen LogP contribution is -2.07. The van der Waals surface area contributed by atoms with Crippen molar-refractivity contribution in [3.05, 3.63) is 82.5 Å². The normalized spacial score (nSPS) is 12.3. The van der Waals surface area contributed by atoms with Gasteiger partial charge in [0.1, 0.15) is 0 Å². The monoisotopic (exact) mass is 533 g/mol. The van der Waals surface area contributed by atoms with Gasteiger partial charge in [0, 0.05) is 16.1 Å². The highest BCUT2D eigenvalue weighted by molar-refractivity contribution is 9.10. The van der Waals surface area contributed by atoms with E-state index in [2.05, 4.69) is 20.9 Å². The van der Waals surface area contributed by atoms with Crippen LogP contribution in [-0.4, -0.2) is 19.2 Å². The van der Waals surface area contributed by atoms with E-state index in [9.17, 15) is 21.6 Å². The topological polar surface area (TPSA) is 47.0 Å². The Bertz CT molecular complexity index is 1480. The molecule has 0 spiro atoms. The molecule has 0 amide bonds. The van der Waals surface area contributed by atoms with E-state index in [1.54, 1.807) is 44.2 Å². The van der Waals surface area contributed by atoms with Crippen LogP contribution in [0.15, 0.2) is 76.2 Å². The Morgan fingerprint density at radius 2 is 1.61 bits per heavy atom. The molecule has 33 heavy (non-hydrogen) atoms. The number of hydrogen-bond donors (Lipinski definition) is 0. The zero-order chi connectivity index (χ0) is 24.0. The van der Waals surface area contributed by atoms with Gasteiger partial charge in [-0.3, -0.25) is 4.98 Å². The zero-order valence-electron chi connectivity index (χ0n) is 17.7. The number of para-hydroxylation sites is 1. The van der Waals surface area contributed by atoms with Crippen LogP contribution >= 0.6 is 15.9 Å². The summed E-state index contributed by atoms with van der Waals surface area (Å²) in [6.07, 6.45) is -3.06. The lowest BCUT2D eigenvalue weighted by Gasteiger charge is -2.15. The highest BCUT2D eigenvalue weighted by Crippen LogP contribution is 2.39. The number of halogens is 4. The Hall–Kier alpha value is -2.71. The molecular weight excluding hydrogens is 515 g/mol.